The molecule has 1 unspecified atom stereocenters. The summed E-state index contributed by atoms with van der Waals surface area (Å²) in [6.45, 7) is 11.2. The van der Waals surface area contributed by atoms with Crippen molar-refractivity contribution < 1.29 is 0 Å². The van der Waals surface area contributed by atoms with Crippen LogP contribution in [0.15, 0.2) is 24.3 Å². The highest BCUT2D eigenvalue weighted by Crippen LogP contribution is 2.26. The molecule has 2 atom stereocenters. The maximum Gasteiger partial charge on any atom is 0.0236 e. The summed E-state index contributed by atoms with van der Waals surface area (Å²) >= 11 is 0. The summed E-state index contributed by atoms with van der Waals surface area (Å²) in [5.41, 5.74) is 9.12. The molecule has 1 aromatic rings. The second-order valence-corrected chi connectivity index (χ2v) is 7.24. The number of benzene rings is 1. The molecule has 2 nitrogen and oxygen atoms in total. The Bertz CT molecular complexity index is 416. The van der Waals surface area contributed by atoms with Gasteiger partial charge in [0.15, 0.2) is 0 Å². The molecule has 0 amide bonds. The molecule has 0 bridgehead atoms. The van der Waals surface area contributed by atoms with Gasteiger partial charge in [0, 0.05) is 18.6 Å². The van der Waals surface area contributed by atoms with Gasteiger partial charge in [0.2, 0.25) is 0 Å². The molecule has 1 aliphatic rings. The molecular weight excluding hydrogens is 244 g/mol. The van der Waals surface area contributed by atoms with Crippen LogP contribution in [-0.2, 0) is 12.0 Å². The third kappa shape index (κ3) is 3.83. The molecule has 0 aliphatic heterocycles. The highest BCUT2D eigenvalue weighted by atomic mass is 15.2. The van der Waals surface area contributed by atoms with E-state index in [1.807, 2.05) is 0 Å². The van der Waals surface area contributed by atoms with E-state index >= 15 is 0 Å². The number of hydrogen-bond donors (Lipinski definition) is 1. The van der Waals surface area contributed by atoms with E-state index in [2.05, 4.69) is 56.9 Å². The maximum absolute atomic E-state index is 6.05. The zero-order valence-corrected chi connectivity index (χ0v) is 13.5. The van der Waals surface area contributed by atoms with Crippen LogP contribution >= 0.6 is 0 Å². The van der Waals surface area contributed by atoms with E-state index in [-0.39, 0.29) is 5.41 Å². The minimum atomic E-state index is 0.237. The zero-order valence-electron chi connectivity index (χ0n) is 13.5. The number of rotatable bonds is 4. The fourth-order valence-electron chi connectivity index (χ4n) is 3.17. The summed E-state index contributed by atoms with van der Waals surface area (Å²) in [4.78, 5) is 2.58. The average molecular weight is 274 g/mol. The average Bonchev–Trinajstić information content (AvgIpc) is 2.82. The second-order valence-electron chi connectivity index (χ2n) is 7.24. The van der Waals surface area contributed by atoms with Crippen LogP contribution in [0.5, 0.6) is 0 Å². The van der Waals surface area contributed by atoms with Crippen LogP contribution in [-0.4, -0.2) is 23.5 Å². The summed E-state index contributed by atoms with van der Waals surface area (Å²) in [7, 11) is 0. The number of nitrogens with zero attached hydrogens (tertiary/aromatic N) is 1. The van der Waals surface area contributed by atoms with Gasteiger partial charge in [0.05, 0.1) is 0 Å². The first kappa shape index (κ1) is 15.5. The van der Waals surface area contributed by atoms with Crippen molar-refractivity contribution in [3.8, 4) is 0 Å². The minimum Gasteiger partial charge on any atom is -0.328 e. The Morgan fingerprint density at radius 1 is 1.15 bits per heavy atom. The molecule has 1 fully saturated rings. The largest absolute Gasteiger partial charge is 0.328 e. The van der Waals surface area contributed by atoms with Crippen LogP contribution in [0.3, 0.4) is 0 Å². The Hall–Kier alpha value is -0.860. The van der Waals surface area contributed by atoms with Crippen LogP contribution in [0.4, 0.5) is 0 Å². The molecule has 112 valence electrons. The molecule has 0 saturated heterocycles. The first-order valence-corrected chi connectivity index (χ1v) is 7.99. The minimum absolute atomic E-state index is 0.237. The van der Waals surface area contributed by atoms with Gasteiger partial charge in [0.25, 0.3) is 0 Å². The third-order valence-electron chi connectivity index (χ3n) is 4.57. The highest BCUT2D eigenvalue weighted by molar-refractivity contribution is 5.27. The quantitative estimate of drug-likeness (QED) is 0.907. The Morgan fingerprint density at radius 2 is 1.80 bits per heavy atom. The van der Waals surface area contributed by atoms with Crippen LogP contribution in [0.25, 0.3) is 0 Å². The van der Waals surface area contributed by atoms with Crippen LogP contribution < -0.4 is 5.73 Å². The lowest BCUT2D eigenvalue weighted by Crippen LogP contribution is -2.34. The van der Waals surface area contributed by atoms with Gasteiger partial charge in [-0.3, -0.25) is 4.90 Å². The Kier molecular flexibility index (Phi) is 4.87. The van der Waals surface area contributed by atoms with Crippen molar-refractivity contribution in [1.82, 2.24) is 4.90 Å². The molecule has 0 aromatic heterocycles. The van der Waals surface area contributed by atoms with Gasteiger partial charge in [0.1, 0.15) is 0 Å². The number of hydrogen-bond acceptors (Lipinski definition) is 2. The summed E-state index contributed by atoms with van der Waals surface area (Å²) in [5.74, 6) is 0. The van der Waals surface area contributed by atoms with Crippen molar-refractivity contribution in [2.24, 2.45) is 5.73 Å². The van der Waals surface area contributed by atoms with Gasteiger partial charge in [-0.1, -0.05) is 52.0 Å². The van der Waals surface area contributed by atoms with Crippen molar-refractivity contribution in [1.29, 1.82) is 0 Å². The van der Waals surface area contributed by atoms with Gasteiger partial charge in [-0.2, -0.15) is 0 Å². The smallest absolute Gasteiger partial charge is 0.0236 e. The fourth-order valence-corrected chi connectivity index (χ4v) is 3.17. The molecule has 0 spiro atoms. The van der Waals surface area contributed by atoms with E-state index in [4.69, 9.17) is 5.73 Å². The van der Waals surface area contributed by atoms with Gasteiger partial charge in [-0.15, -0.1) is 0 Å². The molecule has 1 aromatic carbocycles. The highest BCUT2D eigenvalue weighted by Gasteiger charge is 2.26. The molecule has 1 saturated carbocycles. The summed E-state index contributed by atoms with van der Waals surface area (Å²) in [6, 6.07) is 10.2. The predicted octanol–water partition coefficient (Wildman–Crippen LogP) is 3.69. The molecule has 0 heterocycles. The van der Waals surface area contributed by atoms with Gasteiger partial charge in [-0.25, -0.2) is 0 Å². The van der Waals surface area contributed by atoms with Crippen molar-refractivity contribution in [2.45, 2.75) is 71.0 Å². The normalized spacial score (nSPS) is 23.5. The first-order valence-electron chi connectivity index (χ1n) is 7.99. The van der Waals surface area contributed by atoms with E-state index in [9.17, 15) is 0 Å². The molecular formula is C18H30N2. The van der Waals surface area contributed by atoms with E-state index < -0.39 is 0 Å². The van der Waals surface area contributed by atoms with Crippen molar-refractivity contribution >= 4 is 0 Å². The van der Waals surface area contributed by atoms with Crippen molar-refractivity contribution in [3.63, 3.8) is 0 Å². The maximum atomic E-state index is 6.05. The standard InChI is InChI=1S/C18H30N2/c1-5-20(17-11-10-16(19)12-17)13-14-6-8-15(9-7-14)18(2,3)4/h6-9,16-17H,5,10-13,19H2,1-4H3/t16-,17?/m0/s1. The molecule has 20 heavy (non-hydrogen) atoms. The van der Waals surface area contributed by atoms with Crippen LogP contribution in [0, 0.1) is 0 Å². The fraction of sp³-hybridized carbons (Fsp3) is 0.667. The SMILES string of the molecule is CCN(Cc1ccc(C(C)(C)C)cc1)C1CC[C@H](N)C1. The van der Waals surface area contributed by atoms with E-state index in [0.717, 1.165) is 19.5 Å². The molecule has 1 aliphatic carbocycles. The van der Waals surface area contributed by atoms with Gasteiger partial charge < -0.3 is 5.73 Å². The Labute approximate surface area is 124 Å². The van der Waals surface area contributed by atoms with Crippen molar-refractivity contribution in [3.05, 3.63) is 35.4 Å². The lowest BCUT2D eigenvalue weighted by molar-refractivity contribution is 0.199. The zero-order chi connectivity index (χ0) is 14.8. The molecule has 2 rings (SSSR count). The lowest BCUT2D eigenvalue weighted by Gasteiger charge is -2.28. The third-order valence-corrected chi connectivity index (χ3v) is 4.57. The van der Waals surface area contributed by atoms with Crippen molar-refractivity contribution in [2.75, 3.05) is 6.54 Å². The summed E-state index contributed by atoms with van der Waals surface area (Å²) in [5, 5.41) is 0. The van der Waals surface area contributed by atoms with E-state index in [1.54, 1.807) is 0 Å². The molecule has 2 heteroatoms. The topological polar surface area (TPSA) is 29.3 Å². The van der Waals surface area contributed by atoms with Gasteiger partial charge in [-0.05, 0) is 42.3 Å². The monoisotopic (exact) mass is 274 g/mol. The van der Waals surface area contributed by atoms with Gasteiger partial charge >= 0.3 is 0 Å². The van der Waals surface area contributed by atoms with E-state index in [1.165, 1.54) is 24.0 Å². The first-order chi connectivity index (χ1) is 9.40. The lowest BCUT2D eigenvalue weighted by atomic mass is 9.86. The van der Waals surface area contributed by atoms with Crippen LogP contribution in [0.2, 0.25) is 0 Å². The Balaban J connectivity index is 2.01. The molecule has 0 radical (unpaired) electrons. The second kappa shape index (κ2) is 6.28. The predicted molar refractivity (Wildman–Crippen MR) is 86.8 cm³/mol. The summed E-state index contributed by atoms with van der Waals surface area (Å²) in [6.07, 6.45) is 3.60. The number of nitrogens with two attached hydrogens (primary N) is 1. The summed E-state index contributed by atoms with van der Waals surface area (Å²) < 4.78 is 0. The van der Waals surface area contributed by atoms with E-state index in [0.29, 0.717) is 12.1 Å². The Morgan fingerprint density at radius 3 is 2.25 bits per heavy atom. The van der Waals surface area contributed by atoms with Crippen LogP contribution in [0.1, 0.15) is 58.1 Å². The molecule has 2 N–H and O–H groups in total.